The maximum Gasteiger partial charge on any atom is 0.310 e. The van der Waals surface area contributed by atoms with Crippen LogP contribution in [0.25, 0.3) is 0 Å². The van der Waals surface area contributed by atoms with Crippen molar-refractivity contribution >= 4 is 17.8 Å². The van der Waals surface area contributed by atoms with Gasteiger partial charge in [0.2, 0.25) is 11.8 Å². The quantitative estimate of drug-likeness (QED) is 0.419. The molecule has 10 nitrogen and oxygen atoms in total. The Kier molecular flexibility index (Phi) is 7.06. The number of fused-ring (bicyclic) bond motifs is 1. The first kappa shape index (κ1) is 25.1. The number of hydrogen-bond acceptors (Lipinski definition) is 7. The lowest BCUT2D eigenvalue weighted by Crippen LogP contribution is -2.59. The van der Waals surface area contributed by atoms with Gasteiger partial charge in [-0.1, -0.05) is 13.0 Å². The van der Waals surface area contributed by atoms with Crippen LogP contribution in [0.15, 0.2) is 12.7 Å². The molecule has 4 aliphatic heterocycles. The van der Waals surface area contributed by atoms with E-state index in [4.69, 9.17) is 9.47 Å². The molecule has 4 rings (SSSR count). The van der Waals surface area contributed by atoms with Crippen LogP contribution in [0, 0.1) is 11.8 Å². The number of ether oxygens (including phenoxy) is 2. The van der Waals surface area contributed by atoms with Crippen LogP contribution in [0.4, 0.5) is 0 Å². The third-order valence-corrected chi connectivity index (χ3v) is 8.24. The van der Waals surface area contributed by atoms with Crippen LogP contribution >= 0.6 is 0 Å². The maximum atomic E-state index is 14.1. The summed E-state index contributed by atoms with van der Waals surface area (Å²) in [5.41, 5.74) is -2.19. The van der Waals surface area contributed by atoms with Crippen molar-refractivity contribution in [2.75, 3.05) is 52.5 Å². The number of amides is 2. The molecule has 4 aliphatic rings. The van der Waals surface area contributed by atoms with Crippen LogP contribution in [0.1, 0.15) is 33.1 Å². The van der Waals surface area contributed by atoms with Crippen LogP contribution < -0.4 is 0 Å². The van der Waals surface area contributed by atoms with Gasteiger partial charge in [-0.15, -0.1) is 6.58 Å². The Labute approximate surface area is 200 Å². The maximum absolute atomic E-state index is 14.1. The van der Waals surface area contributed by atoms with Crippen molar-refractivity contribution in [2.45, 2.75) is 56.4 Å². The molecule has 4 saturated heterocycles. The zero-order valence-corrected chi connectivity index (χ0v) is 20.1. The van der Waals surface area contributed by atoms with E-state index in [-0.39, 0.29) is 12.5 Å². The number of nitrogens with zero attached hydrogens (tertiary/aromatic N) is 3. The summed E-state index contributed by atoms with van der Waals surface area (Å²) in [5, 5.41) is 20.1. The summed E-state index contributed by atoms with van der Waals surface area (Å²) in [6.45, 7) is 11.4. The van der Waals surface area contributed by atoms with E-state index >= 15 is 0 Å². The van der Waals surface area contributed by atoms with Crippen LogP contribution in [0.2, 0.25) is 0 Å². The number of morpholine rings is 1. The molecule has 0 aromatic rings. The number of carbonyl (C=O) groups is 3. The number of carboxylic acid groups (broad SMARTS) is 1. The molecule has 10 heteroatoms. The second-order valence-corrected chi connectivity index (χ2v) is 10.1. The second-order valence-electron chi connectivity index (χ2n) is 10.1. The summed E-state index contributed by atoms with van der Waals surface area (Å²) >= 11 is 0. The summed E-state index contributed by atoms with van der Waals surface area (Å²) in [7, 11) is 0. The fraction of sp³-hybridized carbons (Fsp3) is 0.792. The minimum Gasteiger partial charge on any atom is -0.481 e. The fourth-order valence-corrected chi connectivity index (χ4v) is 6.53. The minimum absolute atomic E-state index is 0.272. The van der Waals surface area contributed by atoms with E-state index < -0.39 is 47.0 Å². The number of likely N-dealkylation sites (tertiary alicyclic amines) is 1. The number of aliphatic carboxylic acids is 1. The van der Waals surface area contributed by atoms with Crippen molar-refractivity contribution in [2.24, 2.45) is 11.8 Å². The molecule has 6 atom stereocenters. The first-order chi connectivity index (χ1) is 16.2. The Morgan fingerprint density at radius 1 is 1.32 bits per heavy atom. The van der Waals surface area contributed by atoms with Gasteiger partial charge < -0.3 is 29.5 Å². The molecule has 2 unspecified atom stereocenters. The molecule has 4 fully saturated rings. The van der Waals surface area contributed by atoms with Gasteiger partial charge in [-0.3, -0.25) is 19.3 Å². The van der Waals surface area contributed by atoms with Crippen LogP contribution in [0.5, 0.6) is 0 Å². The largest absolute Gasteiger partial charge is 0.481 e. The number of hydrogen-bond donors (Lipinski definition) is 2. The normalized spacial score (nSPS) is 35.9. The smallest absolute Gasteiger partial charge is 0.310 e. The first-order valence-corrected chi connectivity index (χ1v) is 12.3. The molecule has 0 aromatic carbocycles. The monoisotopic (exact) mass is 479 g/mol. The Morgan fingerprint density at radius 3 is 2.62 bits per heavy atom. The van der Waals surface area contributed by atoms with Gasteiger partial charge in [0.05, 0.1) is 43.3 Å². The molecule has 0 aromatic heterocycles. The van der Waals surface area contributed by atoms with Gasteiger partial charge in [0.15, 0.2) is 0 Å². The SMILES string of the molecule is C=CCN(CCN1CCOCC1)C(=O)C1N([C@@H](CC)CO)C(=O)[C@@H]2[C@H](C(=O)O)[C@]3(C)CCC12O3. The molecular weight excluding hydrogens is 442 g/mol. The third-order valence-electron chi connectivity index (χ3n) is 8.24. The molecule has 2 bridgehead atoms. The van der Waals surface area contributed by atoms with Gasteiger partial charge in [0, 0.05) is 32.7 Å². The number of carboxylic acids is 1. The molecule has 4 heterocycles. The van der Waals surface area contributed by atoms with Crippen molar-refractivity contribution in [1.29, 1.82) is 0 Å². The van der Waals surface area contributed by atoms with E-state index in [0.29, 0.717) is 52.1 Å². The molecular formula is C24H37N3O7. The van der Waals surface area contributed by atoms with E-state index in [0.717, 1.165) is 13.1 Å². The summed E-state index contributed by atoms with van der Waals surface area (Å²) < 4.78 is 11.8. The standard InChI is InChI=1S/C24H37N3O7/c1-4-8-26(10-9-25-11-13-33-14-12-25)21(30)19-24-7-6-23(3,34-24)18(22(31)32)17(24)20(29)27(19)16(5-2)15-28/h4,16-19,28H,1,5-15H2,2-3H3,(H,31,32)/t16-,17-,18+,19?,23-,24?/m0/s1. The van der Waals surface area contributed by atoms with Gasteiger partial charge in [0.1, 0.15) is 11.6 Å². The third kappa shape index (κ3) is 3.84. The Hall–Kier alpha value is -2.01. The lowest BCUT2D eigenvalue weighted by molar-refractivity contribution is -0.158. The average Bonchev–Trinajstić information content (AvgIpc) is 3.39. The van der Waals surface area contributed by atoms with Crippen molar-refractivity contribution in [1.82, 2.24) is 14.7 Å². The van der Waals surface area contributed by atoms with Crippen molar-refractivity contribution in [3.8, 4) is 0 Å². The zero-order chi connectivity index (χ0) is 24.7. The highest BCUT2D eigenvalue weighted by Crippen LogP contribution is 2.63. The highest BCUT2D eigenvalue weighted by molar-refractivity contribution is 5.98. The van der Waals surface area contributed by atoms with E-state index in [2.05, 4.69) is 11.5 Å². The van der Waals surface area contributed by atoms with Gasteiger partial charge in [-0.25, -0.2) is 0 Å². The Morgan fingerprint density at radius 2 is 2.03 bits per heavy atom. The lowest BCUT2D eigenvalue weighted by Gasteiger charge is -2.39. The van der Waals surface area contributed by atoms with E-state index in [1.807, 2.05) is 6.92 Å². The number of aliphatic hydroxyl groups excluding tert-OH is 1. The lowest BCUT2D eigenvalue weighted by atomic mass is 9.66. The summed E-state index contributed by atoms with van der Waals surface area (Å²) in [4.78, 5) is 45.5. The van der Waals surface area contributed by atoms with Crippen molar-refractivity contribution < 1.29 is 34.1 Å². The van der Waals surface area contributed by atoms with Crippen LogP contribution in [0.3, 0.4) is 0 Å². The highest BCUT2D eigenvalue weighted by Gasteiger charge is 2.78. The number of rotatable bonds is 10. The first-order valence-electron chi connectivity index (χ1n) is 12.3. The Balaban J connectivity index is 1.68. The number of aliphatic hydroxyl groups is 1. The van der Waals surface area contributed by atoms with Crippen molar-refractivity contribution in [3.05, 3.63) is 12.7 Å². The predicted octanol–water partition coefficient (Wildman–Crippen LogP) is -0.0466. The van der Waals surface area contributed by atoms with Crippen molar-refractivity contribution in [3.63, 3.8) is 0 Å². The second kappa shape index (κ2) is 9.56. The van der Waals surface area contributed by atoms with Gasteiger partial charge in [-0.05, 0) is 26.2 Å². The molecule has 1 spiro atoms. The molecule has 34 heavy (non-hydrogen) atoms. The molecule has 0 saturated carbocycles. The summed E-state index contributed by atoms with van der Waals surface area (Å²) in [6, 6.07) is -1.56. The predicted molar refractivity (Wildman–Crippen MR) is 122 cm³/mol. The molecule has 0 radical (unpaired) electrons. The Bertz CT molecular complexity index is 827. The fourth-order valence-electron chi connectivity index (χ4n) is 6.53. The number of carbonyl (C=O) groups excluding carboxylic acids is 2. The zero-order valence-electron chi connectivity index (χ0n) is 20.1. The topological polar surface area (TPSA) is 120 Å². The van der Waals surface area contributed by atoms with E-state index in [1.165, 1.54) is 4.90 Å². The molecule has 2 N–H and O–H groups in total. The van der Waals surface area contributed by atoms with Gasteiger partial charge >= 0.3 is 5.97 Å². The van der Waals surface area contributed by atoms with Gasteiger partial charge in [0.25, 0.3) is 0 Å². The molecule has 190 valence electrons. The average molecular weight is 480 g/mol. The molecule has 2 amide bonds. The minimum atomic E-state index is -1.20. The van der Waals surface area contributed by atoms with E-state index in [1.54, 1.807) is 17.9 Å². The molecule has 0 aliphatic carbocycles. The highest BCUT2D eigenvalue weighted by atomic mass is 16.5. The van der Waals surface area contributed by atoms with Crippen LogP contribution in [-0.2, 0) is 23.9 Å². The summed E-state index contributed by atoms with van der Waals surface area (Å²) in [6.07, 6.45) is 3.00. The summed E-state index contributed by atoms with van der Waals surface area (Å²) in [5.74, 6) is -3.72. The van der Waals surface area contributed by atoms with Crippen LogP contribution in [-0.4, -0.2) is 119 Å². The van der Waals surface area contributed by atoms with E-state index in [9.17, 15) is 24.6 Å². The van der Waals surface area contributed by atoms with Gasteiger partial charge in [-0.2, -0.15) is 0 Å².